The minimum Gasteiger partial charge on any atom is -0.493 e. The van der Waals surface area contributed by atoms with Crippen LogP contribution in [0.5, 0.6) is 11.5 Å². The highest BCUT2D eigenvalue weighted by Crippen LogP contribution is 2.49. The molecule has 24 heavy (non-hydrogen) atoms. The van der Waals surface area contributed by atoms with Gasteiger partial charge in [0, 0.05) is 11.6 Å². The van der Waals surface area contributed by atoms with Crippen LogP contribution in [0.2, 0.25) is 0 Å². The predicted molar refractivity (Wildman–Crippen MR) is 94.6 cm³/mol. The molecule has 0 radical (unpaired) electrons. The smallest absolute Gasteiger partial charge is 0.251 e. The Morgan fingerprint density at radius 1 is 1.17 bits per heavy atom. The summed E-state index contributed by atoms with van der Waals surface area (Å²) in [5, 5.41) is 3.20. The molecule has 4 unspecified atom stereocenters. The molecule has 0 aromatic heterocycles. The van der Waals surface area contributed by atoms with Gasteiger partial charge in [-0.05, 0) is 76.0 Å². The number of amides is 1. The molecule has 2 bridgehead atoms. The van der Waals surface area contributed by atoms with Crippen LogP contribution in [0.4, 0.5) is 0 Å². The highest BCUT2D eigenvalue weighted by atomic mass is 16.5. The second-order valence-corrected chi connectivity index (χ2v) is 7.63. The van der Waals surface area contributed by atoms with Crippen LogP contribution < -0.4 is 14.8 Å². The molecule has 4 nitrogen and oxygen atoms in total. The first-order valence-electron chi connectivity index (χ1n) is 9.13. The summed E-state index contributed by atoms with van der Waals surface area (Å²) in [6, 6.07) is 5.62. The van der Waals surface area contributed by atoms with E-state index >= 15 is 0 Å². The predicted octanol–water partition coefficient (Wildman–Crippen LogP) is 4.04. The van der Waals surface area contributed by atoms with Crippen molar-refractivity contribution in [1.82, 2.24) is 5.32 Å². The van der Waals surface area contributed by atoms with Crippen molar-refractivity contribution in [3.63, 3.8) is 0 Å². The maximum atomic E-state index is 12.6. The lowest BCUT2D eigenvalue weighted by molar-refractivity contribution is 0.0915. The number of benzene rings is 1. The largest absolute Gasteiger partial charge is 0.493 e. The first kappa shape index (κ1) is 17.1. The number of hydrogen-bond acceptors (Lipinski definition) is 3. The molecule has 3 rings (SSSR count). The van der Waals surface area contributed by atoms with E-state index in [-0.39, 0.29) is 18.1 Å². The number of rotatable bonds is 6. The molecule has 1 aromatic carbocycles. The van der Waals surface area contributed by atoms with Gasteiger partial charge in [0.15, 0.2) is 11.5 Å². The number of ether oxygens (including phenoxy) is 2. The van der Waals surface area contributed by atoms with Crippen molar-refractivity contribution >= 4 is 5.91 Å². The number of carbonyl (C=O) groups excluding carboxylic acids is 1. The number of hydrogen-bond donors (Lipinski definition) is 1. The molecule has 0 saturated heterocycles. The Balaban J connectivity index is 1.66. The van der Waals surface area contributed by atoms with Crippen LogP contribution in [0, 0.1) is 17.8 Å². The summed E-state index contributed by atoms with van der Waals surface area (Å²) in [4.78, 5) is 12.6. The molecule has 132 valence electrons. The van der Waals surface area contributed by atoms with E-state index in [9.17, 15) is 4.79 Å². The van der Waals surface area contributed by atoms with Crippen LogP contribution in [0.1, 0.15) is 56.8 Å². The maximum absolute atomic E-state index is 12.6. The minimum absolute atomic E-state index is 0.0281. The van der Waals surface area contributed by atoms with E-state index in [0.29, 0.717) is 23.0 Å². The fraction of sp³-hybridized carbons (Fsp3) is 0.650. The zero-order valence-electron chi connectivity index (χ0n) is 15.2. The number of nitrogens with one attached hydrogen (secondary N) is 1. The summed E-state index contributed by atoms with van der Waals surface area (Å²) in [5.41, 5.74) is 0.623. The zero-order chi connectivity index (χ0) is 17.3. The molecule has 4 atom stereocenters. The van der Waals surface area contributed by atoms with Crippen LogP contribution in [0.15, 0.2) is 18.2 Å². The number of carbonyl (C=O) groups is 1. The van der Waals surface area contributed by atoms with Gasteiger partial charge in [0.2, 0.25) is 0 Å². The fourth-order valence-corrected chi connectivity index (χ4v) is 4.46. The van der Waals surface area contributed by atoms with Gasteiger partial charge in [0.1, 0.15) is 0 Å². The van der Waals surface area contributed by atoms with Crippen molar-refractivity contribution in [3.8, 4) is 11.5 Å². The Morgan fingerprint density at radius 2 is 1.96 bits per heavy atom. The average Bonchev–Trinajstić information content (AvgIpc) is 3.17. The lowest BCUT2D eigenvalue weighted by Crippen LogP contribution is -2.40. The summed E-state index contributed by atoms with van der Waals surface area (Å²) in [6.07, 6.45) is 5.42. The molecule has 2 saturated carbocycles. The zero-order valence-corrected chi connectivity index (χ0v) is 15.2. The highest BCUT2D eigenvalue weighted by molar-refractivity contribution is 5.95. The van der Waals surface area contributed by atoms with Crippen molar-refractivity contribution < 1.29 is 14.3 Å². The number of fused-ring (bicyclic) bond motifs is 2. The van der Waals surface area contributed by atoms with Gasteiger partial charge in [-0.3, -0.25) is 4.79 Å². The van der Waals surface area contributed by atoms with Crippen LogP contribution in [-0.2, 0) is 0 Å². The topological polar surface area (TPSA) is 47.6 Å². The molecule has 0 heterocycles. The molecule has 4 heteroatoms. The highest BCUT2D eigenvalue weighted by Gasteiger charge is 2.42. The third-order valence-corrected chi connectivity index (χ3v) is 5.58. The van der Waals surface area contributed by atoms with E-state index in [1.54, 1.807) is 13.2 Å². The first-order chi connectivity index (χ1) is 11.5. The van der Waals surface area contributed by atoms with E-state index in [1.165, 1.54) is 25.7 Å². The Labute approximate surface area is 144 Å². The Hall–Kier alpha value is -1.71. The van der Waals surface area contributed by atoms with Crippen molar-refractivity contribution in [1.29, 1.82) is 0 Å². The van der Waals surface area contributed by atoms with E-state index in [0.717, 1.165) is 11.8 Å². The summed E-state index contributed by atoms with van der Waals surface area (Å²) >= 11 is 0. The Bertz CT molecular complexity index is 599. The maximum Gasteiger partial charge on any atom is 0.251 e. The first-order valence-corrected chi connectivity index (χ1v) is 9.13. The van der Waals surface area contributed by atoms with Crippen LogP contribution in [0.25, 0.3) is 0 Å². The van der Waals surface area contributed by atoms with E-state index in [4.69, 9.17) is 9.47 Å². The molecule has 2 fully saturated rings. The summed E-state index contributed by atoms with van der Waals surface area (Å²) in [5.74, 6) is 3.58. The molecule has 0 spiro atoms. The molecule has 0 aliphatic heterocycles. The Morgan fingerprint density at radius 3 is 2.54 bits per heavy atom. The van der Waals surface area contributed by atoms with Crippen LogP contribution in [-0.4, -0.2) is 25.2 Å². The third kappa shape index (κ3) is 3.52. The van der Waals surface area contributed by atoms with Crippen molar-refractivity contribution in [2.24, 2.45) is 17.8 Å². The molecular formula is C20H29NO3. The quantitative estimate of drug-likeness (QED) is 0.856. The van der Waals surface area contributed by atoms with Crippen molar-refractivity contribution in [2.75, 3.05) is 7.11 Å². The van der Waals surface area contributed by atoms with Gasteiger partial charge in [-0.1, -0.05) is 6.42 Å². The van der Waals surface area contributed by atoms with Gasteiger partial charge in [-0.25, -0.2) is 0 Å². The number of methoxy groups -OCH3 is 1. The molecule has 1 aromatic rings. The van der Waals surface area contributed by atoms with E-state index in [1.807, 2.05) is 26.0 Å². The van der Waals surface area contributed by atoms with E-state index < -0.39 is 0 Å². The fourth-order valence-electron chi connectivity index (χ4n) is 4.46. The van der Waals surface area contributed by atoms with Gasteiger partial charge in [-0.15, -0.1) is 0 Å². The minimum atomic E-state index is -0.0281. The summed E-state index contributed by atoms with van der Waals surface area (Å²) < 4.78 is 11.1. The van der Waals surface area contributed by atoms with Gasteiger partial charge in [0.25, 0.3) is 5.91 Å². The molecule has 2 aliphatic rings. The lowest BCUT2D eigenvalue weighted by Gasteiger charge is -2.28. The van der Waals surface area contributed by atoms with Crippen molar-refractivity contribution in [2.45, 2.75) is 58.6 Å². The third-order valence-electron chi connectivity index (χ3n) is 5.58. The normalized spacial score (nSPS) is 26.5. The van der Waals surface area contributed by atoms with Gasteiger partial charge in [-0.2, -0.15) is 0 Å². The lowest BCUT2D eigenvalue weighted by atomic mass is 9.84. The van der Waals surface area contributed by atoms with Crippen LogP contribution in [0.3, 0.4) is 0 Å². The second kappa shape index (κ2) is 7.04. The van der Waals surface area contributed by atoms with Gasteiger partial charge < -0.3 is 14.8 Å². The molecule has 2 aliphatic carbocycles. The monoisotopic (exact) mass is 331 g/mol. The summed E-state index contributed by atoms with van der Waals surface area (Å²) in [6.45, 7) is 6.09. The van der Waals surface area contributed by atoms with Crippen molar-refractivity contribution in [3.05, 3.63) is 23.8 Å². The average molecular weight is 331 g/mol. The Kier molecular flexibility index (Phi) is 5.02. The SMILES string of the molecule is COc1cc(C(=O)NC(C)C2CC3CCC2C3)ccc1OC(C)C. The van der Waals surface area contributed by atoms with E-state index in [2.05, 4.69) is 12.2 Å². The standard InChI is InChI=1S/C20H29NO3/c1-12(2)24-18-8-7-16(11-19(18)23-4)20(22)21-13(3)17-10-14-5-6-15(17)9-14/h7-8,11-15,17H,5-6,9-10H2,1-4H3,(H,21,22). The van der Waals surface area contributed by atoms with Gasteiger partial charge in [0.05, 0.1) is 13.2 Å². The van der Waals surface area contributed by atoms with Crippen LogP contribution >= 0.6 is 0 Å². The molecule has 1 amide bonds. The molecular weight excluding hydrogens is 302 g/mol. The van der Waals surface area contributed by atoms with Gasteiger partial charge >= 0.3 is 0 Å². The molecule has 1 N–H and O–H groups in total. The summed E-state index contributed by atoms with van der Waals surface area (Å²) in [7, 11) is 1.60. The second-order valence-electron chi connectivity index (χ2n) is 7.63.